The van der Waals surface area contributed by atoms with E-state index in [0.717, 1.165) is 5.56 Å². The standard InChI is InChI=1S/C14H17NO4/c1-18-13-7-12(16)8-15(9-13)14(17)19-10-11-5-3-2-4-6-11/h2-7,12,16H,8-10H2,1H3. The van der Waals surface area contributed by atoms with Crippen LogP contribution in [0, 0.1) is 0 Å². The normalized spacial score (nSPS) is 18.7. The third-order valence-corrected chi connectivity index (χ3v) is 2.86. The Bertz CT molecular complexity index is 458. The lowest BCUT2D eigenvalue weighted by molar-refractivity contribution is 0.0668. The molecule has 0 saturated carbocycles. The summed E-state index contributed by atoms with van der Waals surface area (Å²) in [6, 6.07) is 9.46. The first kappa shape index (κ1) is 13.4. The fourth-order valence-corrected chi connectivity index (χ4v) is 1.88. The third kappa shape index (κ3) is 3.72. The molecule has 0 radical (unpaired) electrons. The van der Waals surface area contributed by atoms with Gasteiger partial charge < -0.3 is 14.6 Å². The van der Waals surface area contributed by atoms with Gasteiger partial charge in [0.15, 0.2) is 0 Å². The average Bonchev–Trinajstić information content (AvgIpc) is 2.45. The van der Waals surface area contributed by atoms with E-state index in [1.54, 1.807) is 6.08 Å². The quantitative estimate of drug-likeness (QED) is 0.898. The monoisotopic (exact) mass is 263 g/mol. The number of aliphatic hydroxyl groups excluding tert-OH is 1. The highest BCUT2D eigenvalue weighted by molar-refractivity contribution is 5.68. The lowest BCUT2D eigenvalue weighted by Gasteiger charge is -2.28. The van der Waals surface area contributed by atoms with Gasteiger partial charge in [-0.25, -0.2) is 4.79 Å². The second-order valence-corrected chi connectivity index (χ2v) is 4.33. The van der Waals surface area contributed by atoms with Crippen LogP contribution in [0.25, 0.3) is 0 Å². The first-order chi connectivity index (χ1) is 9.19. The summed E-state index contributed by atoms with van der Waals surface area (Å²) < 4.78 is 10.3. The first-order valence-corrected chi connectivity index (χ1v) is 6.07. The minimum Gasteiger partial charge on any atom is -0.499 e. The summed E-state index contributed by atoms with van der Waals surface area (Å²) in [6.45, 7) is 0.764. The molecule has 2 rings (SSSR count). The molecule has 0 aliphatic carbocycles. The minimum atomic E-state index is -0.715. The number of benzene rings is 1. The van der Waals surface area contributed by atoms with E-state index < -0.39 is 12.2 Å². The Balaban J connectivity index is 1.89. The van der Waals surface area contributed by atoms with Crippen molar-refractivity contribution in [3.05, 3.63) is 47.7 Å². The minimum absolute atomic E-state index is 0.221. The maximum Gasteiger partial charge on any atom is 0.410 e. The summed E-state index contributed by atoms with van der Waals surface area (Å²) in [4.78, 5) is 13.3. The molecule has 1 unspecified atom stereocenters. The molecule has 0 aromatic heterocycles. The lowest BCUT2D eigenvalue weighted by atomic mass is 10.2. The van der Waals surface area contributed by atoms with Crippen LogP contribution in [0.3, 0.4) is 0 Å². The molecule has 1 heterocycles. The Morgan fingerprint density at radius 3 is 2.84 bits per heavy atom. The molecule has 5 heteroatoms. The maximum atomic E-state index is 11.9. The van der Waals surface area contributed by atoms with Gasteiger partial charge in [-0.2, -0.15) is 0 Å². The molecule has 102 valence electrons. The molecule has 0 fully saturated rings. The summed E-state index contributed by atoms with van der Waals surface area (Å²) in [5.41, 5.74) is 0.927. The fourth-order valence-electron chi connectivity index (χ4n) is 1.88. The molecular weight excluding hydrogens is 246 g/mol. The first-order valence-electron chi connectivity index (χ1n) is 6.07. The Morgan fingerprint density at radius 2 is 2.16 bits per heavy atom. The van der Waals surface area contributed by atoms with Gasteiger partial charge in [0.25, 0.3) is 0 Å². The van der Waals surface area contributed by atoms with Gasteiger partial charge in [0.2, 0.25) is 0 Å². The molecule has 0 saturated heterocycles. The van der Waals surface area contributed by atoms with Gasteiger partial charge in [0.1, 0.15) is 12.4 Å². The van der Waals surface area contributed by atoms with Crippen molar-refractivity contribution in [3.8, 4) is 0 Å². The number of carbonyl (C=O) groups excluding carboxylic acids is 1. The van der Waals surface area contributed by atoms with Crippen LogP contribution < -0.4 is 0 Å². The number of β-amino-alcohol motifs (C(OH)–C–C–N with tert-alkyl or cyclic N) is 1. The van der Waals surface area contributed by atoms with Gasteiger partial charge in [-0.1, -0.05) is 30.3 Å². The van der Waals surface area contributed by atoms with Crippen LogP contribution in [-0.2, 0) is 16.1 Å². The van der Waals surface area contributed by atoms with Gasteiger partial charge in [0, 0.05) is 0 Å². The molecule has 19 heavy (non-hydrogen) atoms. The molecule has 0 spiro atoms. The number of nitrogens with zero attached hydrogens (tertiary/aromatic N) is 1. The zero-order chi connectivity index (χ0) is 13.7. The van der Waals surface area contributed by atoms with Crippen molar-refractivity contribution < 1.29 is 19.4 Å². The van der Waals surface area contributed by atoms with E-state index in [-0.39, 0.29) is 13.2 Å². The Kier molecular flexibility index (Phi) is 4.41. The average molecular weight is 263 g/mol. The smallest absolute Gasteiger partial charge is 0.410 e. The zero-order valence-electron chi connectivity index (χ0n) is 10.8. The van der Waals surface area contributed by atoms with E-state index in [2.05, 4.69) is 0 Å². The van der Waals surface area contributed by atoms with Gasteiger partial charge >= 0.3 is 6.09 Å². The molecule has 1 N–H and O–H groups in total. The highest BCUT2D eigenvalue weighted by Crippen LogP contribution is 2.12. The Morgan fingerprint density at radius 1 is 1.42 bits per heavy atom. The van der Waals surface area contributed by atoms with E-state index in [1.165, 1.54) is 12.0 Å². The van der Waals surface area contributed by atoms with Crippen molar-refractivity contribution in [2.24, 2.45) is 0 Å². The van der Waals surface area contributed by atoms with Crippen LogP contribution >= 0.6 is 0 Å². The number of ether oxygens (including phenoxy) is 2. The Hall–Kier alpha value is -2.01. The van der Waals surface area contributed by atoms with Crippen molar-refractivity contribution in [3.63, 3.8) is 0 Å². The molecule has 1 atom stereocenters. The van der Waals surface area contributed by atoms with E-state index >= 15 is 0 Å². The molecule has 1 aliphatic rings. The van der Waals surface area contributed by atoms with Crippen LogP contribution in [0.15, 0.2) is 42.2 Å². The van der Waals surface area contributed by atoms with Crippen molar-refractivity contribution in [2.75, 3.05) is 20.2 Å². The van der Waals surface area contributed by atoms with Crippen molar-refractivity contribution in [1.82, 2.24) is 4.90 Å². The maximum absolute atomic E-state index is 11.9. The largest absolute Gasteiger partial charge is 0.499 e. The molecule has 0 bridgehead atoms. The van der Waals surface area contributed by atoms with Crippen molar-refractivity contribution in [2.45, 2.75) is 12.7 Å². The van der Waals surface area contributed by atoms with Gasteiger partial charge in [-0.15, -0.1) is 0 Å². The van der Waals surface area contributed by atoms with Crippen molar-refractivity contribution >= 4 is 6.09 Å². The highest BCUT2D eigenvalue weighted by Gasteiger charge is 2.24. The summed E-state index contributed by atoms with van der Waals surface area (Å²) in [5, 5.41) is 9.61. The van der Waals surface area contributed by atoms with Gasteiger partial charge in [0.05, 0.1) is 26.3 Å². The summed E-state index contributed by atoms with van der Waals surface area (Å²) in [5.74, 6) is 0.565. The van der Waals surface area contributed by atoms with Crippen molar-refractivity contribution in [1.29, 1.82) is 0 Å². The molecular formula is C14H17NO4. The number of methoxy groups -OCH3 is 1. The van der Waals surface area contributed by atoms with Crippen LogP contribution in [0.4, 0.5) is 4.79 Å². The van der Waals surface area contributed by atoms with Crippen LogP contribution in [0.2, 0.25) is 0 Å². The summed E-state index contributed by atoms with van der Waals surface area (Å²) >= 11 is 0. The third-order valence-electron chi connectivity index (χ3n) is 2.86. The predicted octanol–water partition coefficient (Wildman–Crippen LogP) is 1.53. The molecule has 1 aliphatic heterocycles. The van der Waals surface area contributed by atoms with Gasteiger partial charge in [-0.05, 0) is 11.6 Å². The molecule has 1 aromatic rings. The SMILES string of the molecule is COC1=CC(O)CN(C(=O)OCc2ccccc2)C1. The van der Waals surface area contributed by atoms with Crippen LogP contribution in [-0.4, -0.2) is 42.4 Å². The Labute approximate surface area is 112 Å². The topological polar surface area (TPSA) is 59.0 Å². The molecule has 1 amide bonds. The van der Waals surface area contributed by atoms with E-state index in [9.17, 15) is 9.90 Å². The summed E-state index contributed by atoms with van der Waals surface area (Å²) in [7, 11) is 1.51. The lowest BCUT2D eigenvalue weighted by Crippen LogP contribution is -2.42. The van der Waals surface area contributed by atoms with E-state index in [4.69, 9.17) is 9.47 Å². The zero-order valence-corrected chi connectivity index (χ0v) is 10.8. The number of hydrogen-bond donors (Lipinski definition) is 1. The molecule has 1 aromatic carbocycles. The van der Waals surface area contributed by atoms with Gasteiger partial charge in [-0.3, -0.25) is 4.90 Å². The fraction of sp³-hybridized carbons (Fsp3) is 0.357. The number of hydrogen-bond acceptors (Lipinski definition) is 4. The highest BCUT2D eigenvalue weighted by atomic mass is 16.6. The number of rotatable bonds is 3. The van der Waals surface area contributed by atoms with E-state index in [0.29, 0.717) is 12.3 Å². The number of carbonyl (C=O) groups is 1. The van der Waals surface area contributed by atoms with E-state index in [1.807, 2.05) is 30.3 Å². The number of amides is 1. The van der Waals surface area contributed by atoms with Crippen LogP contribution in [0.1, 0.15) is 5.56 Å². The van der Waals surface area contributed by atoms with Crippen LogP contribution in [0.5, 0.6) is 0 Å². The number of aliphatic hydroxyl groups is 1. The predicted molar refractivity (Wildman–Crippen MR) is 69.3 cm³/mol. The second kappa shape index (κ2) is 6.24. The second-order valence-electron chi connectivity index (χ2n) is 4.33. The summed E-state index contributed by atoms with van der Waals surface area (Å²) in [6.07, 6.45) is 0.430. The molecule has 5 nitrogen and oxygen atoms in total.